The Hall–Kier alpha value is -1.75. The Morgan fingerprint density at radius 1 is 1.22 bits per heavy atom. The molecule has 2 amide bonds. The Labute approximate surface area is 104 Å². The van der Waals surface area contributed by atoms with E-state index in [9.17, 15) is 14.0 Å². The van der Waals surface area contributed by atoms with Crippen molar-refractivity contribution in [3.63, 3.8) is 0 Å². The number of carbonyl (C=O) groups is 2. The van der Waals surface area contributed by atoms with Crippen LogP contribution in [0.3, 0.4) is 0 Å². The monoisotopic (exact) mass is 248 g/mol. The Kier molecular flexibility index (Phi) is 2.45. The molecule has 0 radical (unpaired) electrons. The van der Waals surface area contributed by atoms with E-state index in [1.54, 1.807) is 18.2 Å². The van der Waals surface area contributed by atoms with Gasteiger partial charge in [-0.15, -0.1) is 0 Å². The standard InChI is InChI=1S/C13H13FN2O2/c14-11-7(5-15)2-1-3-8(11)6-16-12(17)9-4-10(9)13(16)18/h1-3,9-10H,4-6,15H2. The largest absolute Gasteiger partial charge is 0.326 e. The van der Waals surface area contributed by atoms with Crippen LogP contribution >= 0.6 is 0 Å². The van der Waals surface area contributed by atoms with Crippen LogP contribution < -0.4 is 5.73 Å². The highest BCUT2D eigenvalue weighted by Gasteiger charge is 2.58. The number of fused-ring (bicyclic) bond motifs is 1. The number of carbonyl (C=O) groups excluding carboxylic acids is 2. The van der Waals surface area contributed by atoms with Crippen molar-refractivity contribution in [2.24, 2.45) is 17.6 Å². The molecule has 1 aromatic rings. The van der Waals surface area contributed by atoms with Crippen LogP contribution in [-0.2, 0) is 22.7 Å². The Morgan fingerprint density at radius 3 is 2.44 bits per heavy atom. The highest BCUT2D eigenvalue weighted by Crippen LogP contribution is 2.47. The summed E-state index contributed by atoms with van der Waals surface area (Å²) >= 11 is 0. The van der Waals surface area contributed by atoms with Crippen LogP contribution in [0.4, 0.5) is 4.39 Å². The summed E-state index contributed by atoms with van der Waals surface area (Å²) in [6.45, 7) is 0.122. The molecule has 94 valence electrons. The molecule has 1 heterocycles. The summed E-state index contributed by atoms with van der Waals surface area (Å²) in [4.78, 5) is 24.7. The van der Waals surface area contributed by atoms with E-state index in [4.69, 9.17) is 5.73 Å². The molecule has 1 aromatic carbocycles. The van der Waals surface area contributed by atoms with Gasteiger partial charge in [0.15, 0.2) is 0 Å². The number of imide groups is 1. The van der Waals surface area contributed by atoms with Crippen LogP contribution in [-0.4, -0.2) is 16.7 Å². The molecule has 0 bridgehead atoms. The molecule has 4 nitrogen and oxygen atoms in total. The van der Waals surface area contributed by atoms with Crippen LogP contribution in [0, 0.1) is 17.7 Å². The maximum atomic E-state index is 14.0. The van der Waals surface area contributed by atoms with Gasteiger partial charge >= 0.3 is 0 Å². The first-order valence-electron chi connectivity index (χ1n) is 5.95. The van der Waals surface area contributed by atoms with E-state index in [1.165, 1.54) is 0 Å². The maximum absolute atomic E-state index is 14.0. The number of halogens is 1. The number of amides is 2. The minimum Gasteiger partial charge on any atom is -0.326 e. The van der Waals surface area contributed by atoms with Gasteiger partial charge in [0.25, 0.3) is 0 Å². The molecule has 2 aliphatic rings. The zero-order chi connectivity index (χ0) is 12.9. The van der Waals surface area contributed by atoms with Crippen LogP contribution in [0.15, 0.2) is 18.2 Å². The number of hydrogen-bond acceptors (Lipinski definition) is 3. The SMILES string of the molecule is NCc1cccc(CN2C(=O)C3CC3C2=O)c1F. The summed E-state index contributed by atoms with van der Waals surface area (Å²) in [7, 11) is 0. The first-order chi connectivity index (χ1) is 8.63. The van der Waals surface area contributed by atoms with Gasteiger partial charge in [-0.25, -0.2) is 4.39 Å². The van der Waals surface area contributed by atoms with Gasteiger partial charge in [-0.05, 0) is 6.42 Å². The molecule has 1 saturated heterocycles. The van der Waals surface area contributed by atoms with Crippen molar-refractivity contribution in [2.45, 2.75) is 19.5 Å². The first-order valence-corrected chi connectivity index (χ1v) is 5.95. The lowest BCUT2D eigenvalue weighted by atomic mass is 10.1. The van der Waals surface area contributed by atoms with Crippen LogP contribution in [0.25, 0.3) is 0 Å². The molecule has 1 saturated carbocycles. The van der Waals surface area contributed by atoms with E-state index in [2.05, 4.69) is 0 Å². The van der Waals surface area contributed by atoms with Gasteiger partial charge in [-0.2, -0.15) is 0 Å². The second-order valence-corrected chi connectivity index (χ2v) is 4.81. The first kappa shape index (κ1) is 11.3. The molecule has 1 aliphatic heterocycles. The van der Waals surface area contributed by atoms with Gasteiger partial charge in [0.1, 0.15) is 5.82 Å². The lowest BCUT2D eigenvalue weighted by Crippen LogP contribution is -2.32. The highest BCUT2D eigenvalue weighted by molar-refractivity contribution is 6.08. The molecule has 18 heavy (non-hydrogen) atoms. The van der Waals surface area contributed by atoms with Gasteiger partial charge in [0.05, 0.1) is 18.4 Å². The Bertz CT molecular complexity index is 524. The molecule has 2 fully saturated rings. The molecular weight excluding hydrogens is 235 g/mol. The van der Waals surface area contributed by atoms with Crippen molar-refractivity contribution < 1.29 is 14.0 Å². The average molecular weight is 248 g/mol. The van der Waals surface area contributed by atoms with Gasteiger partial charge in [-0.3, -0.25) is 14.5 Å². The smallest absolute Gasteiger partial charge is 0.233 e. The van der Waals surface area contributed by atoms with E-state index in [0.717, 1.165) is 4.90 Å². The molecule has 5 heteroatoms. The Balaban J connectivity index is 1.85. The fourth-order valence-corrected chi connectivity index (χ4v) is 2.49. The lowest BCUT2D eigenvalue weighted by molar-refractivity contribution is -0.142. The van der Waals surface area contributed by atoms with E-state index in [-0.39, 0.29) is 36.7 Å². The van der Waals surface area contributed by atoms with Crippen LogP contribution in [0.5, 0.6) is 0 Å². The number of benzene rings is 1. The number of piperidine rings is 1. The van der Waals surface area contributed by atoms with E-state index in [1.807, 2.05) is 0 Å². The number of nitrogens with two attached hydrogens (primary N) is 1. The third-order valence-electron chi connectivity index (χ3n) is 3.66. The van der Waals surface area contributed by atoms with Crippen molar-refractivity contribution in [3.8, 4) is 0 Å². The van der Waals surface area contributed by atoms with Crippen molar-refractivity contribution in [1.29, 1.82) is 0 Å². The summed E-state index contributed by atoms with van der Waals surface area (Å²) in [5, 5.41) is 0. The molecule has 0 spiro atoms. The minimum atomic E-state index is -0.416. The fourth-order valence-electron chi connectivity index (χ4n) is 2.49. The van der Waals surface area contributed by atoms with E-state index >= 15 is 0 Å². The molecule has 2 unspecified atom stereocenters. The van der Waals surface area contributed by atoms with Crippen molar-refractivity contribution in [3.05, 3.63) is 35.1 Å². The van der Waals surface area contributed by atoms with Gasteiger partial charge in [-0.1, -0.05) is 18.2 Å². The predicted octanol–water partition coefficient (Wildman–Crippen LogP) is 0.789. The predicted molar refractivity (Wildman–Crippen MR) is 61.4 cm³/mol. The molecule has 3 rings (SSSR count). The summed E-state index contributed by atoms with van der Waals surface area (Å²) in [6, 6.07) is 4.87. The normalized spacial score (nSPS) is 25.6. The molecular formula is C13H13FN2O2. The average Bonchev–Trinajstić information content (AvgIpc) is 3.12. The van der Waals surface area contributed by atoms with Crippen molar-refractivity contribution >= 4 is 11.8 Å². The van der Waals surface area contributed by atoms with E-state index < -0.39 is 5.82 Å². The fraction of sp³-hybridized carbons (Fsp3) is 0.385. The number of likely N-dealkylation sites (tertiary alicyclic amines) is 1. The summed E-state index contributed by atoms with van der Waals surface area (Å²) < 4.78 is 14.0. The Morgan fingerprint density at radius 2 is 1.83 bits per heavy atom. The zero-order valence-electron chi connectivity index (χ0n) is 9.73. The topological polar surface area (TPSA) is 63.4 Å². The number of nitrogens with zero attached hydrogens (tertiary/aromatic N) is 1. The van der Waals surface area contributed by atoms with Crippen LogP contribution in [0.2, 0.25) is 0 Å². The summed E-state index contributed by atoms with van der Waals surface area (Å²) in [5.74, 6) is -1.03. The third-order valence-corrected chi connectivity index (χ3v) is 3.66. The zero-order valence-corrected chi connectivity index (χ0v) is 9.73. The minimum absolute atomic E-state index is 0.0182. The second-order valence-electron chi connectivity index (χ2n) is 4.81. The van der Waals surface area contributed by atoms with Gasteiger partial charge in [0, 0.05) is 17.7 Å². The second kappa shape index (κ2) is 3.88. The number of rotatable bonds is 3. The van der Waals surface area contributed by atoms with Gasteiger partial charge < -0.3 is 5.73 Å². The van der Waals surface area contributed by atoms with Crippen LogP contribution in [0.1, 0.15) is 17.5 Å². The maximum Gasteiger partial charge on any atom is 0.233 e. The summed E-state index contributed by atoms with van der Waals surface area (Å²) in [6.07, 6.45) is 0.666. The van der Waals surface area contributed by atoms with Crippen molar-refractivity contribution in [2.75, 3.05) is 0 Å². The molecule has 2 N–H and O–H groups in total. The molecule has 1 aliphatic carbocycles. The number of hydrogen-bond donors (Lipinski definition) is 1. The molecule has 0 aromatic heterocycles. The quantitative estimate of drug-likeness (QED) is 0.804. The summed E-state index contributed by atoms with van der Waals surface area (Å²) in [5.41, 5.74) is 6.17. The van der Waals surface area contributed by atoms with Gasteiger partial charge in [0.2, 0.25) is 11.8 Å². The lowest BCUT2D eigenvalue weighted by Gasteiger charge is -2.17. The molecule has 2 atom stereocenters. The van der Waals surface area contributed by atoms with E-state index in [0.29, 0.717) is 17.5 Å². The van der Waals surface area contributed by atoms with Crippen molar-refractivity contribution in [1.82, 2.24) is 4.90 Å². The highest BCUT2D eigenvalue weighted by atomic mass is 19.1. The third kappa shape index (κ3) is 1.54.